The van der Waals surface area contributed by atoms with Crippen molar-refractivity contribution in [2.45, 2.75) is 19.8 Å². The number of nitrogens with one attached hydrogen (secondary N) is 1. The summed E-state index contributed by atoms with van der Waals surface area (Å²) < 4.78 is 13.5. The van der Waals surface area contributed by atoms with Crippen molar-refractivity contribution in [1.82, 2.24) is 0 Å². The molecule has 1 aliphatic heterocycles. The second-order valence-corrected chi connectivity index (χ2v) is 5.94. The molecule has 0 atom stereocenters. The molecule has 0 aromatic heterocycles. The van der Waals surface area contributed by atoms with E-state index in [1.54, 1.807) is 23.1 Å². The highest BCUT2D eigenvalue weighted by Crippen LogP contribution is 2.27. The van der Waals surface area contributed by atoms with Gasteiger partial charge >= 0.3 is 0 Å². The Bertz CT molecular complexity index is 902. The van der Waals surface area contributed by atoms with Gasteiger partial charge in [-0.05, 0) is 55.3 Å². The third-order valence-corrected chi connectivity index (χ3v) is 4.11. The lowest BCUT2D eigenvalue weighted by Gasteiger charge is -2.19. The summed E-state index contributed by atoms with van der Waals surface area (Å²) in [5.41, 5.74) is 2.40. The maximum atomic E-state index is 13.5. The summed E-state index contributed by atoms with van der Waals surface area (Å²) in [4.78, 5) is 25.9. The summed E-state index contributed by atoms with van der Waals surface area (Å²) in [6.45, 7) is 2.57. The number of halogens is 1. The lowest BCUT2D eigenvalue weighted by atomic mass is 10.1. The molecule has 0 saturated carbocycles. The van der Waals surface area contributed by atoms with Crippen LogP contribution in [-0.2, 0) is 4.79 Å². The van der Waals surface area contributed by atoms with Gasteiger partial charge in [-0.3, -0.25) is 9.59 Å². The van der Waals surface area contributed by atoms with Crippen LogP contribution in [0, 0.1) is 24.1 Å². The number of hydrogen-bond donors (Lipinski definition) is 1. The summed E-state index contributed by atoms with van der Waals surface area (Å²) in [5, 5.41) is 11.6. The maximum Gasteiger partial charge on any atom is 0.255 e. The molecule has 2 aromatic carbocycles. The third-order valence-electron chi connectivity index (χ3n) is 4.11. The van der Waals surface area contributed by atoms with Crippen LogP contribution in [-0.4, -0.2) is 18.4 Å². The molecule has 0 radical (unpaired) electrons. The summed E-state index contributed by atoms with van der Waals surface area (Å²) in [5.74, 6) is -1.03. The highest BCUT2D eigenvalue weighted by Gasteiger charge is 2.23. The molecule has 0 aliphatic carbocycles. The van der Waals surface area contributed by atoms with Crippen LogP contribution in [0.1, 0.15) is 34.3 Å². The number of anilines is 2. The summed E-state index contributed by atoms with van der Waals surface area (Å²) in [7, 11) is 0. The Balaban J connectivity index is 1.80. The van der Waals surface area contributed by atoms with Gasteiger partial charge in [0.15, 0.2) is 0 Å². The van der Waals surface area contributed by atoms with E-state index in [-0.39, 0.29) is 17.0 Å². The number of hydrogen-bond acceptors (Lipinski definition) is 3. The van der Waals surface area contributed by atoms with Crippen LogP contribution in [0.15, 0.2) is 36.4 Å². The number of carbonyl (C=O) groups excluding carboxylic acids is 2. The van der Waals surface area contributed by atoms with E-state index in [1.165, 1.54) is 6.07 Å². The minimum absolute atomic E-state index is 0.0769. The van der Waals surface area contributed by atoms with Gasteiger partial charge in [0.2, 0.25) is 5.91 Å². The van der Waals surface area contributed by atoms with Crippen molar-refractivity contribution in [3.05, 3.63) is 58.9 Å². The van der Waals surface area contributed by atoms with Crippen molar-refractivity contribution in [1.29, 1.82) is 5.26 Å². The molecular weight excluding hydrogens is 321 g/mol. The van der Waals surface area contributed by atoms with Gasteiger partial charge in [-0.1, -0.05) is 0 Å². The highest BCUT2D eigenvalue weighted by atomic mass is 19.1. The standard InChI is InChI=1S/C19H16FN3O2/c1-12-7-16(4-5-17(12)23-6-2-3-18(23)24)22-19(25)14-8-13(11-21)9-15(20)10-14/h4-5,7-10H,2-3,6H2,1H3,(H,22,25). The molecule has 0 bridgehead atoms. The summed E-state index contributed by atoms with van der Waals surface area (Å²) in [6, 6.07) is 10.6. The second kappa shape index (κ2) is 6.73. The van der Waals surface area contributed by atoms with Gasteiger partial charge in [-0.15, -0.1) is 0 Å². The van der Waals surface area contributed by atoms with Crippen LogP contribution >= 0.6 is 0 Å². The maximum absolute atomic E-state index is 13.5. The summed E-state index contributed by atoms with van der Waals surface area (Å²) in [6.07, 6.45) is 1.40. The van der Waals surface area contributed by atoms with Gasteiger partial charge in [-0.25, -0.2) is 4.39 Å². The fraction of sp³-hybridized carbons (Fsp3) is 0.211. The molecule has 126 valence electrons. The molecule has 2 amide bonds. The molecule has 6 heteroatoms. The lowest BCUT2D eigenvalue weighted by Crippen LogP contribution is -2.24. The van der Waals surface area contributed by atoms with E-state index < -0.39 is 11.7 Å². The van der Waals surface area contributed by atoms with E-state index in [0.29, 0.717) is 18.7 Å². The van der Waals surface area contributed by atoms with Crippen molar-refractivity contribution in [3.8, 4) is 6.07 Å². The van der Waals surface area contributed by atoms with Crippen LogP contribution in [0.3, 0.4) is 0 Å². The molecule has 0 unspecified atom stereocenters. The predicted octanol–water partition coefficient (Wildman–Crippen LogP) is 3.38. The fourth-order valence-corrected chi connectivity index (χ4v) is 2.93. The Kier molecular flexibility index (Phi) is 4.48. The second-order valence-electron chi connectivity index (χ2n) is 5.94. The first-order valence-electron chi connectivity index (χ1n) is 7.91. The van der Waals surface area contributed by atoms with Crippen LogP contribution in [0.4, 0.5) is 15.8 Å². The average Bonchev–Trinajstić information content (AvgIpc) is 3.00. The van der Waals surface area contributed by atoms with Gasteiger partial charge in [-0.2, -0.15) is 5.26 Å². The molecule has 1 fully saturated rings. The minimum atomic E-state index is -0.636. The van der Waals surface area contributed by atoms with Crippen molar-refractivity contribution >= 4 is 23.2 Å². The normalized spacial score (nSPS) is 13.6. The van der Waals surface area contributed by atoms with Crippen molar-refractivity contribution < 1.29 is 14.0 Å². The minimum Gasteiger partial charge on any atom is -0.322 e. The molecule has 3 rings (SSSR count). The Morgan fingerprint density at radius 3 is 2.72 bits per heavy atom. The van der Waals surface area contributed by atoms with Gasteiger partial charge in [0, 0.05) is 29.9 Å². The summed E-state index contributed by atoms with van der Waals surface area (Å²) >= 11 is 0. The topological polar surface area (TPSA) is 73.2 Å². The van der Waals surface area contributed by atoms with E-state index in [0.717, 1.165) is 29.8 Å². The quantitative estimate of drug-likeness (QED) is 0.933. The zero-order chi connectivity index (χ0) is 18.0. The molecule has 25 heavy (non-hydrogen) atoms. The van der Waals surface area contributed by atoms with Crippen LogP contribution in [0.25, 0.3) is 0 Å². The van der Waals surface area contributed by atoms with E-state index in [2.05, 4.69) is 5.32 Å². The molecule has 1 heterocycles. The zero-order valence-corrected chi connectivity index (χ0v) is 13.7. The number of benzene rings is 2. The van der Waals surface area contributed by atoms with Gasteiger partial charge in [0.25, 0.3) is 5.91 Å². The van der Waals surface area contributed by atoms with Crippen LogP contribution < -0.4 is 10.2 Å². The number of amides is 2. The van der Waals surface area contributed by atoms with Gasteiger partial charge in [0.05, 0.1) is 11.6 Å². The average molecular weight is 337 g/mol. The van der Waals surface area contributed by atoms with Crippen LogP contribution in [0.2, 0.25) is 0 Å². The number of rotatable bonds is 3. The van der Waals surface area contributed by atoms with E-state index in [4.69, 9.17) is 5.26 Å². The SMILES string of the molecule is Cc1cc(NC(=O)c2cc(F)cc(C#N)c2)ccc1N1CCCC1=O. The Morgan fingerprint density at radius 2 is 2.08 bits per heavy atom. The molecular formula is C19H16FN3O2. The number of nitrogens with zero attached hydrogens (tertiary/aromatic N) is 2. The van der Waals surface area contributed by atoms with Gasteiger partial charge in [0.1, 0.15) is 5.82 Å². The first-order valence-corrected chi connectivity index (χ1v) is 7.91. The van der Waals surface area contributed by atoms with Crippen molar-refractivity contribution in [2.24, 2.45) is 0 Å². The molecule has 5 nitrogen and oxygen atoms in total. The Labute approximate surface area is 144 Å². The molecule has 2 aromatic rings. The predicted molar refractivity (Wildman–Crippen MR) is 91.8 cm³/mol. The third kappa shape index (κ3) is 3.50. The van der Waals surface area contributed by atoms with Gasteiger partial charge < -0.3 is 10.2 Å². The Hall–Kier alpha value is -3.20. The van der Waals surface area contributed by atoms with Crippen LogP contribution in [0.5, 0.6) is 0 Å². The number of carbonyl (C=O) groups is 2. The Morgan fingerprint density at radius 1 is 1.28 bits per heavy atom. The first kappa shape index (κ1) is 16.7. The zero-order valence-electron chi connectivity index (χ0n) is 13.7. The van der Waals surface area contributed by atoms with E-state index in [9.17, 15) is 14.0 Å². The monoisotopic (exact) mass is 337 g/mol. The smallest absolute Gasteiger partial charge is 0.255 e. The molecule has 1 N–H and O–H groups in total. The van der Waals surface area contributed by atoms with Crippen molar-refractivity contribution in [3.63, 3.8) is 0 Å². The van der Waals surface area contributed by atoms with Crippen molar-refractivity contribution in [2.75, 3.05) is 16.8 Å². The lowest BCUT2D eigenvalue weighted by molar-refractivity contribution is -0.117. The number of aryl methyl sites for hydroxylation is 1. The molecule has 1 saturated heterocycles. The van der Waals surface area contributed by atoms with E-state index >= 15 is 0 Å². The molecule has 1 aliphatic rings. The highest BCUT2D eigenvalue weighted by molar-refractivity contribution is 6.05. The number of nitriles is 1. The van der Waals surface area contributed by atoms with E-state index in [1.807, 2.05) is 13.0 Å². The first-order chi connectivity index (χ1) is 12.0. The fourth-order valence-electron chi connectivity index (χ4n) is 2.93. The molecule has 0 spiro atoms. The largest absolute Gasteiger partial charge is 0.322 e.